The Morgan fingerprint density at radius 3 is 2.41 bits per heavy atom. The predicted octanol–water partition coefficient (Wildman–Crippen LogP) is 2.15. The third-order valence-electron chi connectivity index (χ3n) is 4.10. The number of nitrogens with one attached hydrogen (secondary N) is 1. The van der Waals surface area contributed by atoms with E-state index in [9.17, 15) is 8.42 Å². The van der Waals surface area contributed by atoms with Crippen molar-refractivity contribution >= 4 is 10.0 Å². The summed E-state index contributed by atoms with van der Waals surface area (Å²) in [6.45, 7) is 0. The Morgan fingerprint density at radius 2 is 1.82 bits per heavy atom. The summed E-state index contributed by atoms with van der Waals surface area (Å²) >= 11 is 0. The van der Waals surface area contributed by atoms with Crippen molar-refractivity contribution in [1.82, 2.24) is 4.72 Å². The molecule has 0 saturated heterocycles. The van der Waals surface area contributed by atoms with Crippen LogP contribution >= 0.6 is 0 Å². The summed E-state index contributed by atoms with van der Waals surface area (Å²) in [5, 5.41) is 0. The van der Waals surface area contributed by atoms with Gasteiger partial charge in [-0.1, -0.05) is 24.6 Å². The van der Waals surface area contributed by atoms with Crippen LogP contribution < -0.4 is 4.72 Å². The van der Waals surface area contributed by atoms with Crippen molar-refractivity contribution in [1.29, 1.82) is 0 Å². The Balaban J connectivity index is 1.77. The molecule has 2 saturated carbocycles. The molecule has 0 aliphatic heterocycles. The van der Waals surface area contributed by atoms with Crippen LogP contribution in [-0.2, 0) is 10.0 Å². The fraction of sp³-hybridized carbons (Fsp3) is 0.538. The highest BCUT2D eigenvalue weighted by Gasteiger charge is 2.41. The topological polar surface area (TPSA) is 46.2 Å². The van der Waals surface area contributed by atoms with E-state index >= 15 is 0 Å². The third kappa shape index (κ3) is 2.11. The first-order chi connectivity index (χ1) is 8.15. The minimum absolute atomic E-state index is 0.166. The van der Waals surface area contributed by atoms with Crippen LogP contribution in [0, 0.1) is 11.8 Å². The normalized spacial score (nSPS) is 31.9. The van der Waals surface area contributed by atoms with E-state index in [0.29, 0.717) is 10.8 Å². The second-order valence-electron chi connectivity index (χ2n) is 5.22. The summed E-state index contributed by atoms with van der Waals surface area (Å²) in [7, 11) is -3.32. The van der Waals surface area contributed by atoms with E-state index in [0.717, 1.165) is 12.3 Å². The van der Waals surface area contributed by atoms with Crippen LogP contribution in [0.5, 0.6) is 0 Å². The van der Waals surface area contributed by atoms with E-state index in [-0.39, 0.29) is 6.04 Å². The molecular formula is C13H17NO2S. The Hall–Kier alpha value is -0.870. The van der Waals surface area contributed by atoms with Gasteiger partial charge in [-0.2, -0.15) is 0 Å². The molecule has 2 bridgehead atoms. The summed E-state index contributed by atoms with van der Waals surface area (Å²) in [6, 6.07) is 8.81. The molecule has 0 radical (unpaired) electrons. The first-order valence-electron chi connectivity index (χ1n) is 6.22. The van der Waals surface area contributed by atoms with E-state index in [2.05, 4.69) is 4.72 Å². The van der Waals surface area contributed by atoms with Crippen molar-refractivity contribution in [3.05, 3.63) is 30.3 Å². The van der Waals surface area contributed by atoms with Crippen LogP contribution in [0.1, 0.15) is 25.7 Å². The lowest BCUT2D eigenvalue weighted by atomic mass is 9.96. The number of fused-ring (bicyclic) bond motifs is 2. The van der Waals surface area contributed by atoms with Crippen LogP contribution in [-0.4, -0.2) is 14.5 Å². The highest BCUT2D eigenvalue weighted by Crippen LogP contribution is 2.44. The molecule has 0 unspecified atom stereocenters. The largest absolute Gasteiger partial charge is 0.240 e. The molecule has 2 aliphatic rings. The monoisotopic (exact) mass is 251 g/mol. The first-order valence-corrected chi connectivity index (χ1v) is 7.71. The van der Waals surface area contributed by atoms with Crippen LogP contribution in [0.25, 0.3) is 0 Å². The maximum Gasteiger partial charge on any atom is 0.240 e. The van der Waals surface area contributed by atoms with Gasteiger partial charge >= 0.3 is 0 Å². The van der Waals surface area contributed by atoms with Gasteiger partial charge < -0.3 is 0 Å². The third-order valence-corrected chi connectivity index (χ3v) is 5.60. The summed E-state index contributed by atoms with van der Waals surface area (Å²) < 4.78 is 27.2. The summed E-state index contributed by atoms with van der Waals surface area (Å²) in [4.78, 5) is 0.378. The lowest BCUT2D eigenvalue weighted by Crippen LogP contribution is -2.38. The van der Waals surface area contributed by atoms with E-state index < -0.39 is 10.0 Å². The summed E-state index contributed by atoms with van der Waals surface area (Å²) in [6.07, 6.45) is 4.71. The Bertz CT molecular complexity index is 497. The molecule has 3 nitrogen and oxygen atoms in total. The minimum Gasteiger partial charge on any atom is -0.208 e. The number of hydrogen-bond donors (Lipinski definition) is 1. The molecule has 0 amide bonds. The molecule has 3 atom stereocenters. The van der Waals surface area contributed by atoms with Gasteiger partial charge in [0, 0.05) is 6.04 Å². The van der Waals surface area contributed by atoms with Gasteiger partial charge in [0.15, 0.2) is 0 Å². The van der Waals surface area contributed by atoms with Crippen LogP contribution in [0.4, 0.5) is 0 Å². The number of hydrogen-bond acceptors (Lipinski definition) is 2. The van der Waals surface area contributed by atoms with E-state index in [1.807, 2.05) is 6.07 Å². The van der Waals surface area contributed by atoms with Gasteiger partial charge in [-0.05, 0) is 43.2 Å². The minimum atomic E-state index is -3.32. The summed E-state index contributed by atoms with van der Waals surface area (Å²) in [5.41, 5.74) is 0. The van der Waals surface area contributed by atoms with E-state index in [4.69, 9.17) is 0 Å². The molecule has 4 heteroatoms. The van der Waals surface area contributed by atoms with Crippen LogP contribution in [0.3, 0.4) is 0 Å². The maximum atomic E-state index is 12.2. The van der Waals surface area contributed by atoms with Gasteiger partial charge in [-0.3, -0.25) is 0 Å². The van der Waals surface area contributed by atoms with Crippen molar-refractivity contribution in [2.24, 2.45) is 11.8 Å². The molecule has 0 aromatic heterocycles. The molecule has 92 valence electrons. The Morgan fingerprint density at radius 1 is 1.06 bits per heavy atom. The van der Waals surface area contributed by atoms with E-state index in [1.165, 1.54) is 19.3 Å². The second-order valence-corrected chi connectivity index (χ2v) is 6.93. The second kappa shape index (κ2) is 4.10. The molecule has 0 spiro atoms. The van der Waals surface area contributed by atoms with Gasteiger partial charge in [0.2, 0.25) is 10.0 Å². The number of benzene rings is 1. The van der Waals surface area contributed by atoms with Crippen LogP contribution in [0.2, 0.25) is 0 Å². The fourth-order valence-corrected chi connectivity index (χ4v) is 4.59. The first kappa shape index (κ1) is 11.2. The molecule has 17 heavy (non-hydrogen) atoms. The SMILES string of the molecule is O=S(=O)(N[C@H]1C[C@H]2CC[C@H]1C2)c1ccccc1. The van der Waals surface area contributed by atoms with Crippen molar-refractivity contribution in [3.63, 3.8) is 0 Å². The standard InChI is InChI=1S/C13H17NO2S/c15-17(16,12-4-2-1-3-5-12)14-13-9-10-6-7-11(13)8-10/h1-5,10-11,13-14H,6-9H2/t10-,11-,13-/m0/s1. The lowest BCUT2D eigenvalue weighted by molar-refractivity contribution is 0.390. The molecule has 1 aromatic rings. The Kier molecular flexibility index (Phi) is 2.71. The van der Waals surface area contributed by atoms with Crippen molar-refractivity contribution in [2.45, 2.75) is 36.6 Å². The highest BCUT2D eigenvalue weighted by atomic mass is 32.2. The molecule has 1 aromatic carbocycles. The predicted molar refractivity (Wildman–Crippen MR) is 66.0 cm³/mol. The zero-order valence-corrected chi connectivity index (χ0v) is 10.5. The van der Waals surface area contributed by atoms with Gasteiger partial charge in [0.1, 0.15) is 0 Å². The van der Waals surface area contributed by atoms with Gasteiger partial charge in [-0.15, -0.1) is 0 Å². The quantitative estimate of drug-likeness (QED) is 0.894. The molecule has 2 aliphatic carbocycles. The van der Waals surface area contributed by atoms with Crippen LogP contribution in [0.15, 0.2) is 35.2 Å². The smallest absolute Gasteiger partial charge is 0.208 e. The molecule has 1 N–H and O–H groups in total. The van der Waals surface area contributed by atoms with Crippen molar-refractivity contribution in [2.75, 3.05) is 0 Å². The number of sulfonamides is 1. The molecular weight excluding hydrogens is 234 g/mol. The van der Waals surface area contributed by atoms with Crippen molar-refractivity contribution < 1.29 is 8.42 Å². The molecule has 0 heterocycles. The average molecular weight is 251 g/mol. The van der Waals surface area contributed by atoms with Crippen molar-refractivity contribution in [3.8, 4) is 0 Å². The zero-order valence-electron chi connectivity index (χ0n) is 9.67. The molecule has 2 fully saturated rings. The average Bonchev–Trinajstić information content (AvgIpc) is 2.91. The van der Waals surface area contributed by atoms with E-state index in [1.54, 1.807) is 24.3 Å². The highest BCUT2D eigenvalue weighted by molar-refractivity contribution is 7.89. The number of rotatable bonds is 3. The Labute approximate surface area is 102 Å². The maximum absolute atomic E-state index is 12.2. The van der Waals surface area contributed by atoms with Gasteiger partial charge in [0.25, 0.3) is 0 Å². The molecule has 3 rings (SSSR count). The zero-order chi connectivity index (χ0) is 11.9. The fourth-order valence-electron chi connectivity index (χ4n) is 3.26. The summed E-state index contributed by atoms with van der Waals surface area (Å²) in [5.74, 6) is 1.32. The lowest BCUT2D eigenvalue weighted by Gasteiger charge is -2.22. The van der Waals surface area contributed by atoms with Gasteiger partial charge in [-0.25, -0.2) is 13.1 Å². The van der Waals surface area contributed by atoms with Gasteiger partial charge in [0.05, 0.1) is 4.90 Å².